The molecule has 0 bridgehead atoms. The second kappa shape index (κ2) is 9.82. The molecule has 1 heterocycles. The Morgan fingerprint density at radius 3 is 2.10 bits per heavy atom. The minimum atomic E-state index is -0.887. The Morgan fingerprint density at radius 2 is 1.47 bits per heavy atom. The molecule has 1 fully saturated rings. The number of benzene rings is 2. The number of para-hydroxylation sites is 1. The molecule has 2 aromatic rings. The van der Waals surface area contributed by atoms with Crippen LogP contribution in [-0.2, 0) is 9.59 Å². The third kappa shape index (κ3) is 5.76. The van der Waals surface area contributed by atoms with Gasteiger partial charge in [-0.25, -0.2) is 8.78 Å². The topological polar surface area (TPSA) is 81.8 Å². The van der Waals surface area contributed by atoms with Crippen LogP contribution in [0, 0.1) is 11.6 Å². The van der Waals surface area contributed by atoms with Crippen LogP contribution >= 0.6 is 0 Å². The largest absolute Gasteiger partial charge is 0.368 e. The summed E-state index contributed by atoms with van der Waals surface area (Å²) in [4.78, 5) is 39.9. The molecule has 30 heavy (non-hydrogen) atoms. The van der Waals surface area contributed by atoms with Gasteiger partial charge in [0.25, 0.3) is 5.91 Å². The molecule has 3 amide bonds. The monoisotopic (exact) mass is 416 g/mol. The lowest BCUT2D eigenvalue weighted by Gasteiger charge is -2.36. The van der Waals surface area contributed by atoms with E-state index in [9.17, 15) is 23.2 Å². The lowest BCUT2D eigenvalue weighted by Crippen LogP contribution is -2.51. The fourth-order valence-electron chi connectivity index (χ4n) is 3.15. The summed E-state index contributed by atoms with van der Waals surface area (Å²) in [7, 11) is 0. The maximum absolute atomic E-state index is 13.1. The first-order chi connectivity index (χ1) is 14.4. The van der Waals surface area contributed by atoms with Crippen molar-refractivity contribution in [2.75, 3.05) is 44.2 Å². The second-order valence-electron chi connectivity index (χ2n) is 6.82. The number of rotatable bonds is 6. The summed E-state index contributed by atoms with van der Waals surface area (Å²) in [5.74, 6) is -3.34. The first-order valence-electron chi connectivity index (χ1n) is 9.51. The summed E-state index contributed by atoms with van der Waals surface area (Å²) in [5.41, 5.74) is 0.875. The van der Waals surface area contributed by atoms with E-state index in [1.807, 2.05) is 30.3 Å². The third-order valence-electron chi connectivity index (χ3n) is 4.72. The molecule has 0 radical (unpaired) electrons. The van der Waals surface area contributed by atoms with Crippen molar-refractivity contribution in [3.8, 4) is 0 Å². The molecule has 158 valence electrons. The van der Waals surface area contributed by atoms with Gasteiger partial charge in [-0.1, -0.05) is 18.2 Å². The van der Waals surface area contributed by atoms with Gasteiger partial charge in [-0.3, -0.25) is 14.4 Å². The summed E-state index contributed by atoms with van der Waals surface area (Å²) < 4.78 is 26.3. The molecule has 0 atom stereocenters. The van der Waals surface area contributed by atoms with Gasteiger partial charge in [0.15, 0.2) is 0 Å². The highest BCUT2D eigenvalue weighted by molar-refractivity contribution is 5.96. The second-order valence-corrected chi connectivity index (χ2v) is 6.82. The molecule has 3 rings (SSSR count). The van der Waals surface area contributed by atoms with Crippen LogP contribution in [0.5, 0.6) is 0 Å². The van der Waals surface area contributed by atoms with E-state index >= 15 is 0 Å². The van der Waals surface area contributed by atoms with Crippen LogP contribution in [0.1, 0.15) is 10.4 Å². The summed E-state index contributed by atoms with van der Waals surface area (Å²) in [5, 5.41) is 4.71. The van der Waals surface area contributed by atoms with Gasteiger partial charge < -0.3 is 20.4 Å². The number of hydrogen-bond donors (Lipinski definition) is 2. The van der Waals surface area contributed by atoms with E-state index in [0.29, 0.717) is 32.2 Å². The summed E-state index contributed by atoms with van der Waals surface area (Å²) >= 11 is 0. The summed E-state index contributed by atoms with van der Waals surface area (Å²) in [6.07, 6.45) is 0. The lowest BCUT2D eigenvalue weighted by atomic mass is 10.2. The van der Waals surface area contributed by atoms with Gasteiger partial charge >= 0.3 is 0 Å². The van der Waals surface area contributed by atoms with E-state index < -0.39 is 30.0 Å². The van der Waals surface area contributed by atoms with Gasteiger partial charge in [0.1, 0.15) is 11.6 Å². The maximum atomic E-state index is 13.1. The van der Waals surface area contributed by atoms with Crippen molar-refractivity contribution >= 4 is 23.4 Å². The van der Waals surface area contributed by atoms with E-state index in [1.54, 1.807) is 4.90 Å². The third-order valence-corrected chi connectivity index (χ3v) is 4.72. The zero-order valence-electron chi connectivity index (χ0n) is 16.2. The molecule has 1 saturated heterocycles. The fourth-order valence-corrected chi connectivity index (χ4v) is 3.15. The van der Waals surface area contributed by atoms with Crippen molar-refractivity contribution in [2.45, 2.75) is 0 Å². The van der Waals surface area contributed by atoms with Gasteiger partial charge in [-0.2, -0.15) is 0 Å². The smallest absolute Gasteiger partial charge is 0.251 e. The van der Waals surface area contributed by atoms with Crippen molar-refractivity contribution in [1.29, 1.82) is 0 Å². The van der Waals surface area contributed by atoms with Crippen molar-refractivity contribution in [1.82, 2.24) is 15.5 Å². The molecule has 2 aromatic carbocycles. The summed E-state index contributed by atoms with van der Waals surface area (Å²) in [6, 6.07) is 12.3. The normalized spacial score (nSPS) is 13.7. The molecule has 1 aliphatic heterocycles. The molecule has 0 aromatic heterocycles. The van der Waals surface area contributed by atoms with Crippen LogP contribution in [0.4, 0.5) is 14.5 Å². The molecule has 2 N–H and O–H groups in total. The number of halogens is 2. The first-order valence-corrected chi connectivity index (χ1v) is 9.51. The Labute approximate surface area is 172 Å². The van der Waals surface area contributed by atoms with Crippen LogP contribution in [0.3, 0.4) is 0 Å². The molecule has 0 spiro atoms. The maximum Gasteiger partial charge on any atom is 0.251 e. The zero-order valence-corrected chi connectivity index (χ0v) is 16.2. The Kier molecular flexibility index (Phi) is 6.95. The zero-order chi connectivity index (χ0) is 21.5. The Bertz CT molecular complexity index is 895. The van der Waals surface area contributed by atoms with Gasteiger partial charge in [0.05, 0.1) is 13.1 Å². The number of hydrogen-bond acceptors (Lipinski definition) is 4. The highest BCUT2D eigenvalue weighted by atomic mass is 19.1. The van der Waals surface area contributed by atoms with Crippen LogP contribution in [0.2, 0.25) is 0 Å². The predicted molar refractivity (Wildman–Crippen MR) is 107 cm³/mol. The van der Waals surface area contributed by atoms with E-state index in [4.69, 9.17) is 0 Å². The minimum Gasteiger partial charge on any atom is -0.368 e. The molecule has 0 saturated carbocycles. The molecular formula is C21H22F2N4O3. The summed E-state index contributed by atoms with van der Waals surface area (Å²) in [6.45, 7) is 1.89. The van der Waals surface area contributed by atoms with Gasteiger partial charge in [0.2, 0.25) is 11.8 Å². The number of carbonyl (C=O) groups excluding carboxylic acids is 3. The van der Waals surface area contributed by atoms with E-state index in [2.05, 4.69) is 15.5 Å². The van der Waals surface area contributed by atoms with Crippen LogP contribution in [0.25, 0.3) is 0 Å². The van der Waals surface area contributed by atoms with E-state index in [-0.39, 0.29) is 18.0 Å². The first kappa shape index (κ1) is 21.2. The molecule has 7 nitrogen and oxygen atoms in total. The quantitative estimate of drug-likeness (QED) is 0.741. The number of nitrogens with zero attached hydrogens (tertiary/aromatic N) is 2. The predicted octanol–water partition coefficient (Wildman–Crippen LogP) is 1.16. The number of anilines is 1. The van der Waals surface area contributed by atoms with Gasteiger partial charge in [0, 0.05) is 43.5 Å². The van der Waals surface area contributed by atoms with Crippen molar-refractivity contribution < 1.29 is 23.2 Å². The van der Waals surface area contributed by atoms with E-state index in [1.165, 1.54) is 0 Å². The number of carbonyl (C=O) groups is 3. The van der Waals surface area contributed by atoms with E-state index in [0.717, 1.165) is 17.8 Å². The SMILES string of the molecule is O=C(CNC(=O)c1cc(F)cc(F)c1)NCC(=O)N1CCN(c2ccccc2)CC1. The highest BCUT2D eigenvalue weighted by Gasteiger charge is 2.21. The Hall–Kier alpha value is -3.49. The standard InChI is InChI=1S/C21H22F2N4O3/c22-16-10-15(11-17(23)12-16)21(30)25-13-19(28)24-14-20(29)27-8-6-26(7-9-27)18-4-2-1-3-5-18/h1-5,10-12H,6-9,13-14H2,(H,24,28)(H,25,30). The number of nitrogens with one attached hydrogen (secondary N) is 2. The lowest BCUT2D eigenvalue weighted by molar-refractivity contribution is -0.132. The number of piperazine rings is 1. The molecule has 0 aliphatic carbocycles. The molecule has 9 heteroatoms. The molecule has 0 unspecified atom stereocenters. The number of amides is 3. The average molecular weight is 416 g/mol. The van der Waals surface area contributed by atoms with Crippen molar-refractivity contribution in [2.24, 2.45) is 0 Å². The molecule has 1 aliphatic rings. The van der Waals surface area contributed by atoms with Gasteiger partial charge in [-0.15, -0.1) is 0 Å². The highest BCUT2D eigenvalue weighted by Crippen LogP contribution is 2.15. The molecular weight excluding hydrogens is 394 g/mol. The van der Waals surface area contributed by atoms with Crippen LogP contribution in [0.15, 0.2) is 48.5 Å². The van der Waals surface area contributed by atoms with Gasteiger partial charge in [-0.05, 0) is 24.3 Å². The van der Waals surface area contributed by atoms with Crippen molar-refractivity contribution in [3.63, 3.8) is 0 Å². The van der Waals surface area contributed by atoms with Crippen molar-refractivity contribution in [3.05, 3.63) is 65.7 Å². The Balaban J connectivity index is 1.38. The average Bonchev–Trinajstić information content (AvgIpc) is 2.75. The van der Waals surface area contributed by atoms with Crippen LogP contribution < -0.4 is 15.5 Å². The fraction of sp³-hybridized carbons (Fsp3) is 0.286. The minimum absolute atomic E-state index is 0.186. The Morgan fingerprint density at radius 1 is 0.833 bits per heavy atom. The van der Waals surface area contributed by atoms with Crippen LogP contribution in [-0.4, -0.2) is 61.9 Å².